The van der Waals surface area contributed by atoms with Crippen molar-refractivity contribution in [3.63, 3.8) is 0 Å². The van der Waals surface area contributed by atoms with E-state index in [1.165, 1.54) is 12.1 Å². The largest absolute Gasteiger partial charge is 0.508 e. The van der Waals surface area contributed by atoms with Crippen LogP contribution < -0.4 is 5.32 Å². The Morgan fingerprint density at radius 3 is 2.11 bits per heavy atom. The van der Waals surface area contributed by atoms with Gasteiger partial charge in [-0.05, 0) is 26.0 Å². The highest BCUT2D eigenvalue weighted by Crippen LogP contribution is 2.20. The predicted octanol–water partition coefficient (Wildman–Crippen LogP) is 0.696. The molecule has 1 aromatic rings. The molecule has 0 aliphatic rings. The van der Waals surface area contributed by atoms with E-state index in [1.807, 2.05) is 13.8 Å². The van der Waals surface area contributed by atoms with Crippen molar-refractivity contribution >= 4 is 11.8 Å². The number of phenolic OH excluding ortho intramolecular Hbond substituents is 2. The van der Waals surface area contributed by atoms with E-state index in [4.69, 9.17) is 0 Å². The number of amides is 2. The first-order valence-electron chi connectivity index (χ1n) is 6.06. The Labute approximate surface area is 111 Å². The third-order valence-electron chi connectivity index (χ3n) is 2.68. The third kappa shape index (κ3) is 4.17. The van der Waals surface area contributed by atoms with Crippen LogP contribution in [0, 0.1) is 0 Å². The molecular weight excluding hydrogens is 248 g/mol. The van der Waals surface area contributed by atoms with Gasteiger partial charge in [0, 0.05) is 24.7 Å². The molecular formula is C13H18N2O4. The van der Waals surface area contributed by atoms with Gasteiger partial charge in [0.25, 0.3) is 5.91 Å². The van der Waals surface area contributed by atoms with Crippen molar-refractivity contribution < 1.29 is 19.8 Å². The van der Waals surface area contributed by atoms with Gasteiger partial charge in [-0.15, -0.1) is 0 Å². The van der Waals surface area contributed by atoms with E-state index in [0.717, 1.165) is 6.07 Å². The minimum absolute atomic E-state index is 0.102. The van der Waals surface area contributed by atoms with Crippen LogP contribution in [0.4, 0.5) is 0 Å². The molecule has 0 unspecified atom stereocenters. The topological polar surface area (TPSA) is 89.9 Å². The molecule has 0 heterocycles. The highest BCUT2D eigenvalue weighted by atomic mass is 16.3. The Balaban J connectivity index is 2.63. The Morgan fingerprint density at radius 2 is 1.63 bits per heavy atom. The Morgan fingerprint density at radius 1 is 1.11 bits per heavy atom. The lowest BCUT2D eigenvalue weighted by molar-refractivity contribution is -0.129. The number of rotatable bonds is 5. The van der Waals surface area contributed by atoms with Gasteiger partial charge in [0.15, 0.2) is 0 Å². The number of carbonyl (C=O) groups excluding carboxylic acids is 2. The summed E-state index contributed by atoms with van der Waals surface area (Å²) in [6.45, 7) is 4.76. The Bertz CT molecular complexity index is 449. The van der Waals surface area contributed by atoms with Gasteiger partial charge in [-0.2, -0.15) is 0 Å². The fourth-order valence-corrected chi connectivity index (χ4v) is 1.67. The summed E-state index contributed by atoms with van der Waals surface area (Å²) in [7, 11) is 0. The van der Waals surface area contributed by atoms with Gasteiger partial charge in [0.05, 0.1) is 6.54 Å². The van der Waals surface area contributed by atoms with Gasteiger partial charge < -0.3 is 20.4 Å². The zero-order chi connectivity index (χ0) is 14.4. The highest BCUT2D eigenvalue weighted by Gasteiger charge is 2.13. The second-order valence-electron chi connectivity index (χ2n) is 3.99. The summed E-state index contributed by atoms with van der Waals surface area (Å²) < 4.78 is 0. The lowest BCUT2D eigenvalue weighted by Gasteiger charge is -2.18. The molecule has 6 nitrogen and oxygen atoms in total. The molecule has 0 fully saturated rings. The molecule has 0 aliphatic carbocycles. The molecule has 2 amide bonds. The lowest BCUT2D eigenvalue weighted by atomic mass is 10.2. The van der Waals surface area contributed by atoms with E-state index in [-0.39, 0.29) is 29.5 Å². The summed E-state index contributed by atoms with van der Waals surface area (Å²) in [5, 5.41) is 21.0. The average Bonchev–Trinajstić information content (AvgIpc) is 2.36. The second kappa shape index (κ2) is 6.63. The van der Waals surface area contributed by atoms with Crippen LogP contribution in [0.25, 0.3) is 0 Å². The Hall–Kier alpha value is -2.24. The summed E-state index contributed by atoms with van der Waals surface area (Å²) in [4.78, 5) is 25.0. The van der Waals surface area contributed by atoms with Crippen molar-refractivity contribution in [2.24, 2.45) is 0 Å². The van der Waals surface area contributed by atoms with Crippen molar-refractivity contribution in [3.05, 3.63) is 23.8 Å². The molecule has 19 heavy (non-hydrogen) atoms. The minimum atomic E-state index is -0.522. The van der Waals surface area contributed by atoms with Gasteiger partial charge in [0.2, 0.25) is 5.91 Å². The van der Waals surface area contributed by atoms with Crippen molar-refractivity contribution in [2.75, 3.05) is 19.6 Å². The second-order valence-corrected chi connectivity index (χ2v) is 3.99. The minimum Gasteiger partial charge on any atom is -0.508 e. The van der Waals surface area contributed by atoms with Crippen molar-refractivity contribution in [1.29, 1.82) is 0 Å². The smallest absolute Gasteiger partial charge is 0.251 e. The number of hydrogen-bond acceptors (Lipinski definition) is 4. The maximum Gasteiger partial charge on any atom is 0.251 e. The van der Waals surface area contributed by atoms with E-state index < -0.39 is 5.91 Å². The highest BCUT2D eigenvalue weighted by molar-refractivity contribution is 5.97. The molecule has 104 valence electrons. The molecule has 0 saturated heterocycles. The van der Waals surface area contributed by atoms with E-state index >= 15 is 0 Å². The van der Waals surface area contributed by atoms with Crippen molar-refractivity contribution in [3.8, 4) is 11.5 Å². The summed E-state index contributed by atoms with van der Waals surface area (Å²) in [6, 6.07) is 3.56. The molecule has 0 aromatic heterocycles. The third-order valence-corrected chi connectivity index (χ3v) is 2.68. The van der Waals surface area contributed by atoms with Crippen LogP contribution in [0.2, 0.25) is 0 Å². The van der Waals surface area contributed by atoms with Gasteiger partial charge in [-0.1, -0.05) is 0 Å². The molecule has 1 aromatic carbocycles. The fraction of sp³-hybridized carbons (Fsp3) is 0.385. The molecule has 0 spiro atoms. The molecule has 0 saturated carbocycles. The van der Waals surface area contributed by atoms with Gasteiger partial charge in [0.1, 0.15) is 11.5 Å². The van der Waals surface area contributed by atoms with E-state index in [0.29, 0.717) is 13.1 Å². The maximum atomic E-state index is 11.7. The standard InChI is InChI=1S/C13H18N2O4/c1-3-15(4-2)12(18)8-14-13(19)9-5-10(16)7-11(17)6-9/h5-7,16-17H,3-4,8H2,1-2H3,(H,14,19). The number of aromatic hydroxyl groups is 2. The number of carbonyl (C=O) groups is 2. The zero-order valence-electron chi connectivity index (χ0n) is 11.0. The van der Waals surface area contributed by atoms with E-state index in [9.17, 15) is 19.8 Å². The fourth-order valence-electron chi connectivity index (χ4n) is 1.67. The molecule has 1 rings (SSSR count). The number of likely N-dealkylation sites (N-methyl/N-ethyl adjacent to an activating group) is 1. The predicted molar refractivity (Wildman–Crippen MR) is 70.0 cm³/mol. The first-order valence-corrected chi connectivity index (χ1v) is 6.06. The van der Waals surface area contributed by atoms with Gasteiger partial charge in [-0.25, -0.2) is 0 Å². The normalized spacial score (nSPS) is 10.0. The SMILES string of the molecule is CCN(CC)C(=O)CNC(=O)c1cc(O)cc(O)c1. The van der Waals surface area contributed by atoms with Crippen LogP contribution in [0.5, 0.6) is 11.5 Å². The van der Waals surface area contributed by atoms with E-state index in [2.05, 4.69) is 5.32 Å². The van der Waals surface area contributed by atoms with Crippen LogP contribution in [0.1, 0.15) is 24.2 Å². The molecule has 6 heteroatoms. The van der Waals surface area contributed by atoms with E-state index in [1.54, 1.807) is 4.90 Å². The Kier molecular flexibility index (Phi) is 5.17. The van der Waals surface area contributed by atoms with Crippen LogP contribution in [-0.2, 0) is 4.79 Å². The quantitative estimate of drug-likeness (QED) is 0.731. The van der Waals surface area contributed by atoms with Crippen LogP contribution in [0.3, 0.4) is 0 Å². The summed E-state index contributed by atoms with van der Waals surface area (Å²) in [5.74, 6) is -1.12. The summed E-state index contributed by atoms with van der Waals surface area (Å²) in [6.07, 6.45) is 0. The number of nitrogens with zero attached hydrogens (tertiary/aromatic N) is 1. The van der Waals surface area contributed by atoms with Gasteiger partial charge >= 0.3 is 0 Å². The number of nitrogens with one attached hydrogen (secondary N) is 1. The van der Waals surface area contributed by atoms with Crippen molar-refractivity contribution in [2.45, 2.75) is 13.8 Å². The average molecular weight is 266 g/mol. The molecule has 0 atom stereocenters. The van der Waals surface area contributed by atoms with Gasteiger partial charge in [-0.3, -0.25) is 9.59 Å². The number of hydrogen-bond donors (Lipinski definition) is 3. The number of benzene rings is 1. The summed E-state index contributed by atoms with van der Waals surface area (Å²) >= 11 is 0. The van der Waals surface area contributed by atoms with Crippen LogP contribution in [-0.4, -0.2) is 46.6 Å². The zero-order valence-corrected chi connectivity index (χ0v) is 11.0. The maximum absolute atomic E-state index is 11.7. The molecule has 0 aliphatic heterocycles. The summed E-state index contributed by atoms with van der Waals surface area (Å²) in [5.41, 5.74) is 0.102. The first-order chi connectivity index (χ1) is 8.97. The van der Waals surface area contributed by atoms with Crippen LogP contribution >= 0.6 is 0 Å². The number of phenols is 2. The lowest BCUT2D eigenvalue weighted by Crippen LogP contribution is -2.39. The van der Waals surface area contributed by atoms with Crippen molar-refractivity contribution in [1.82, 2.24) is 10.2 Å². The molecule has 0 radical (unpaired) electrons. The monoisotopic (exact) mass is 266 g/mol. The molecule has 3 N–H and O–H groups in total. The molecule has 0 bridgehead atoms. The van der Waals surface area contributed by atoms with Crippen LogP contribution in [0.15, 0.2) is 18.2 Å². The first kappa shape index (κ1) is 14.8.